The number of hydrogen-bond donors (Lipinski definition) is 3. The van der Waals surface area contributed by atoms with Crippen LogP contribution in [0.4, 0.5) is 0 Å². The van der Waals surface area contributed by atoms with E-state index in [1.807, 2.05) is 6.07 Å². The van der Waals surface area contributed by atoms with Crippen molar-refractivity contribution in [3.05, 3.63) is 29.8 Å². The summed E-state index contributed by atoms with van der Waals surface area (Å²) in [6.45, 7) is 0. The van der Waals surface area contributed by atoms with Crippen LogP contribution in [0.3, 0.4) is 0 Å². The van der Waals surface area contributed by atoms with E-state index >= 15 is 0 Å². The van der Waals surface area contributed by atoms with Crippen molar-refractivity contribution in [3.8, 4) is 0 Å². The van der Waals surface area contributed by atoms with Crippen molar-refractivity contribution in [3.63, 3.8) is 0 Å². The molecule has 4 N–H and O–H groups in total. The number of aromatic nitrogens is 1. The second-order valence-electron chi connectivity index (χ2n) is 8.26. The number of hydrogen-bond acceptors (Lipinski definition) is 6. The molecule has 0 aliphatic heterocycles. The minimum absolute atomic E-state index is 0.131. The molecule has 4 rings (SSSR count). The summed E-state index contributed by atoms with van der Waals surface area (Å²) in [6.07, 6.45) is 9.56. The van der Waals surface area contributed by atoms with Crippen LogP contribution >= 0.6 is 11.8 Å². The molecule has 0 spiro atoms. The molecule has 0 radical (unpaired) electrons. The van der Waals surface area contributed by atoms with E-state index in [9.17, 15) is 15.0 Å². The molecule has 2 aliphatic carbocycles. The molecule has 0 amide bonds. The summed E-state index contributed by atoms with van der Waals surface area (Å²) in [5, 5.41) is 22.0. The number of pyridine rings is 1. The quantitative estimate of drug-likeness (QED) is 0.558. The summed E-state index contributed by atoms with van der Waals surface area (Å²) in [6, 6.07) is 2.86. The average molecular weight is 405 g/mol. The van der Waals surface area contributed by atoms with Crippen LogP contribution in [0, 0.1) is 5.92 Å². The molecule has 2 atom stereocenters. The average Bonchev–Trinajstić information content (AvgIpc) is 3.36. The predicted molar refractivity (Wildman–Crippen MR) is 109 cm³/mol. The predicted octanol–water partition coefficient (Wildman–Crippen LogP) is 3.14. The third-order valence-electron chi connectivity index (χ3n) is 6.06. The first-order valence-corrected chi connectivity index (χ1v) is 11.2. The molecule has 0 bridgehead atoms. The second kappa shape index (κ2) is 8.05. The first kappa shape index (κ1) is 19.7. The van der Waals surface area contributed by atoms with Gasteiger partial charge in [0.25, 0.3) is 0 Å². The van der Waals surface area contributed by atoms with Crippen molar-refractivity contribution < 1.29 is 19.4 Å². The van der Waals surface area contributed by atoms with Crippen LogP contribution in [0.25, 0.3) is 11.0 Å². The van der Waals surface area contributed by atoms with Crippen LogP contribution in [0.15, 0.2) is 22.7 Å². The fourth-order valence-electron chi connectivity index (χ4n) is 3.62. The largest absolute Gasteiger partial charge is 0.479 e. The van der Waals surface area contributed by atoms with Crippen molar-refractivity contribution in [2.24, 2.45) is 11.7 Å². The second-order valence-corrected chi connectivity index (χ2v) is 9.60. The molecule has 0 saturated heterocycles. The van der Waals surface area contributed by atoms with Gasteiger partial charge in [-0.15, -0.1) is 0 Å². The van der Waals surface area contributed by atoms with Crippen molar-refractivity contribution >= 4 is 28.7 Å². The molecular formula is C21H28N2O4S. The zero-order valence-corrected chi connectivity index (χ0v) is 16.8. The SMILES string of the molecule is NC(CSC1CCC1)[C@](O)(Cc1nccc2oc(CCC3CC3)cc12)C(=O)O. The number of carboxylic acid groups (broad SMARTS) is 1. The standard InChI is InChI=1S/C21H28N2O4S/c22-19(12-28-15-2-1-3-15)21(26,20(24)25)11-17-16-10-14(7-6-13-4-5-13)27-18(16)8-9-23-17/h8-10,13,15,19,26H,1-7,11-12,22H2,(H,24,25)/t19?,21-/m1/s1. The maximum absolute atomic E-state index is 11.9. The lowest BCUT2D eigenvalue weighted by Gasteiger charge is -2.32. The Morgan fingerprint density at radius 1 is 1.39 bits per heavy atom. The normalized spacial score (nSPS) is 20.6. The lowest BCUT2D eigenvalue weighted by molar-refractivity contribution is -0.160. The Morgan fingerprint density at radius 3 is 2.82 bits per heavy atom. The molecule has 152 valence electrons. The van der Waals surface area contributed by atoms with E-state index in [2.05, 4.69) is 4.98 Å². The molecule has 2 fully saturated rings. The van der Waals surface area contributed by atoms with E-state index in [4.69, 9.17) is 10.2 Å². The van der Waals surface area contributed by atoms with E-state index in [-0.39, 0.29) is 6.42 Å². The molecule has 2 aromatic rings. The number of thioether (sulfide) groups is 1. The van der Waals surface area contributed by atoms with Crippen molar-refractivity contribution in [2.75, 3.05) is 5.75 Å². The van der Waals surface area contributed by atoms with Crippen LogP contribution in [-0.2, 0) is 17.6 Å². The highest BCUT2D eigenvalue weighted by Crippen LogP contribution is 2.35. The minimum Gasteiger partial charge on any atom is -0.479 e. The van der Waals surface area contributed by atoms with Crippen LogP contribution in [0.5, 0.6) is 0 Å². The van der Waals surface area contributed by atoms with Gasteiger partial charge in [-0.25, -0.2) is 4.79 Å². The molecular weight excluding hydrogens is 376 g/mol. The number of aliphatic hydroxyl groups is 1. The van der Waals surface area contributed by atoms with Gasteiger partial charge in [0, 0.05) is 35.4 Å². The van der Waals surface area contributed by atoms with Crippen LogP contribution in [0.1, 0.15) is 50.0 Å². The van der Waals surface area contributed by atoms with Gasteiger partial charge in [0.15, 0.2) is 5.60 Å². The van der Waals surface area contributed by atoms with Gasteiger partial charge in [-0.3, -0.25) is 4.98 Å². The zero-order valence-electron chi connectivity index (χ0n) is 16.0. The zero-order chi connectivity index (χ0) is 19.7. The van der Waals surface area contributed by atoms with Gasteiger partial charge in [0.1, 0.15) is 11.3 Å². The summed E-state index contributed by atoms with van der Waals surface area (Å²) in [5.74, 6) is 0.820. The molecule has 0 aromatic carbocycles. The molecule has 2 aliphatic rings. The summed E-state index contributed by atoms with van der Waals surface area (Å²) in [5.41, 5.74) is 5.31. The van der Waals surface area contributed by atoms with E-state index in [1.54, 1.807) is 24.0 Å². The van der Waals surface area contributed by atoms with Crippen LogP contribution in [0.2, 0.25) is 0 Å². The summed E-state index contributed by atoms with van der Waals surface area (Å²) in [7, 11) is 0. The van der Waals surface area contributed by atoms with E-state index in [1.165, 1.54) is 19.3 Å². The van der Waals surface area contributed by atoms with E-state index < -0.39 is 17.6 Å². The first-order chi connectivity index (χ1) is 13.5. The minimum atomic E-state index is -2.05. The summed E-state index contributed by atoms with van der Waals surface area (Å²) in [4.78, 5) is 16.3. The van der Waals surface area contributed by atoms with Gasteiger partial charge >= 0.3 is 5.97 Å². The van der Waals surface area contributed by atoms with Crippen molar-refractivity contribution in [2.45, 2.75) is 68.3 Å². The monoisotopic (exact) mass is 404 g/mol. The van der Waals surface area contributed by atoms with Gasteiger partial charge in [0.2, 0.25) is 0 Å². The molecule has 7 heteroatoms. The number of aryl methyl sites for hydroxylation is 1. The number of nitrogens with two attached hydrogens (primary N) is 1. The van der Waals surface area contributed by atoms with Gasteiger partial charge in [-0.1, -0.05) is 19.3 Å². The summed E-state index contributed by atoms with van der Waals surface area (Å²) < 4.78 is 5.92. The van der Waals surface area contributed by atoms with Crippen molar-refractivity contribution in [1.29, 1.82) is 0 Å². The number of nitrogens with zero attached hydrogens (tertiary/aromatic N) is 1. The smallest absolute Gasteiger partial charge is 0.337 e. The number of carbonyl (C=O) groups is 1. The fourth-order valence-corrected chi connectivity index (χ4v) is 5.05. The molecule has 28 heavy (non-hydrogen) atoms. The maximum Gasteiger partial charge on any atom is 0.337 e. The Morgan fingerprint density at radius 2 is 2.18 bits per heavy atom. The Bertz CT molecular complexity index is 846. The lowest BCUT2D eigenvalue weighted by atomic mass is 9.89. The Balaban J connectivity index is 1.51. The van der Waals surface area contributed by atoms with E-state index in [0.29, 0.717) is 22.3 Å². The van der Waals surface area contributed by atoms with Crippen LogP contribution in [-0.4, -0.2) is 43.8 Å². The molecule has 1 unspecified atom stereocenters. The highest BCUT2D eigenvalue weighted by Gasteiger charge is 2.43. The Labute approximate surface area is 168 Å². The molecule has 2 aromatic heterocycles. The van der Waals surface area contributed by atoms with Crippen LogP contribution < -0.4 is 5.73 Å². The third-order valence-corrected chi connectivity index (χ3v) is 7.55. The van der Waals surface area contributed by atoms with E-state index in [0.717, 1.165) is 42.7 Å². The molecule has 2 heterocycles. The van der Waals surface area contributed by atoms with Gasteiger partial charge in [-0.2, -0.15) is 11.8 Å². The lowest BCUT2D eigenvalue weighted by Crippen LogP contribution is -2.57. The van der Waals surface area contributed by atoms with Gasteiger partial charge < -0.3 is 20.4 Å². The Kier molecular flexibility index (Phi) is 5.67. The third kappa shape index (κ3) is 4.21. The highest BCUT2D eigenvalue weighted by molar-refractivity contribution is 8.00. The number of fused-ring (bicyclic) bond motifs is 1. The number of furan rings is 1. The topological polar surface area (TPSA) is 110 Å². The van der Waals surface area contributed by atoms with Crippen molar-refractivity contribution in [1.82, 2.24) is 4.98 Å². The summed E-state index contributed by atoms with van der Waals surface area (Å²) >= 11 is 1.66. The number of rotatable bonds is 10. The molecule has 2 saturated carbocycles. The Hall–Kier alpha value is -1.57. The first-order valence-electron chi connectivity index (χ1n) is 10.1. The van der Waals surface area contributed by atoms with Gasteiger partial charge in [-0.05, 0) is 37.3 Å². The number of carboxylic acids is 1. The van der Waals surface area contributed by atoms with Gasteiger partial charge in [0.05, 0.1) is 11.7 Å². The number of aliphatic carboxylic acids is 1. The fraction of sp³-hybridized carbons (Fsp3) is 0.619. The molecule has 6 nitrogen and oxygen atoms in total. The maximum atomic E-state index is 11.9. The highest BCUT2D eigenvalue weighted by atomic mass is 32.2.